The number of nitrogens with zero attached hydrogens (tertiary/aromatic N) is 4. The van der Waals surface area contributed by atoms with Crippen molar-refractivity contribution in [3.8, 4) is 0 Å². The summed E-state index contributed by atoms with van der Waals surface area (Å²) >= 11 is 0. The lowest BCUT2D eigenvalue weighted by Gasteiger charge is -2.34. The number of aliphatic hydroxyl groups excluding tert-OH is 2. The van der Waals surface area contributed by atoms with Crippen LogP contribution >= 0.6 is 21.6 Å². The topological polar surface area (TPSA) is 89.4 Å². The standard InChI is InChI=1S/C37H68N4O4S2/c1-3-5-7-9-11-13-18-34(42)32-41(33-35(43)19-14-12-10-8-6-4-2)23-17-21-37(44)45-30-28-39-24-26-40(27-25-39)29-31-46-47-36-20-15-16-22-38-36/h15-16,20,22,34-35,42-43H,3-14,17-19,21,23-33H2,1-2H3. The number of carbonyl (C=O) groups excluding carboxylic acids is 1. The van der Waals surface area contributed by atoms with Crippen LogP contribution in [0.5, 0.6) is 0 Å². The molecule has 0 aliphatic carbocycles. The summed E-state index contributed by atoms with van der Waals surface area (Å²) in [5.41, 5.74) is 0. The molecule has 2 rings (SSSR count). The van der Waals surface area contributed by atoms with Crippen molar-refractivity contribution in [3.63, 3.8) is 0 Å². The second kappa shape index (κ2) is 28.9. The summed E-state index contributed by atoms with van der Waals surface area (Å²) in [6.07, 6.45) is 18.3. The van der Waals surface area contributed by atoms with Gasteiger partial charge in [0.2, 0.25) is 0 Å². The van der Waals surface area contributed by atoms with Gasteiger partial charge in [-0.25, -0.2) is 4.98 Å². The fraction of sp³-hybridized carbons (Fsp3) is 0.838. The average molecular weight is 697 g/mol. The molecule has 8 nitrogen and oxygen atoms in total. The molecule has 0 saturated carbocycles. The first-order valence-corrected chi connectivity index (χ1v) is 21.2. The van der Waals surface area contributed by atoms with Crippen LogP contribution in [0, 0.1) is 0 Å². The van der Waals surface area contributed by atoms with Crippen molar-refractivity contribution in [1.82, 2.24) is 19.7 Å². The zero-order valence-corrected chi connectivity index (χ0v) is 31.5. The van der Waals surface area contributed by atoms with E-state index in [0.717, 1.165) is 75.7 Å². The number of esters is 1. The van der Waals surface area contributed by atoms with Gasteiger partial charge in [0.25, 0.3) is 0 Å². The van der Waals surface area contributed by atoms with Gasteiger partial charge in [-0.05, 0) is 48.7 Å². The SMILES string of the molecule is CCCCCCCCC(O)CN(CCCC(=O)OCCN1CCN(CCSSc2ccccn2)CC1)CC(O)CCCCCCCC. The molecule has 272 valence electrons. The molecule has 2 atom stereocenters. The summed E-state index contributed by atoms with van der Waals surface area (Å²) in [6, 6.07) is 6.02. The average Bonchev–Trinajstić information content (AvgIpc) is 3.07. The summed E-state index contributed by atoms with van der Waals surface area (Å²) in [7, 11) is 3.60. The quantitative estimate of drug-likeness (QED) is 0.0486. The molecular weight excluding hydrogens is 629 g/mol. The van der Waals surface area contributed by atoms with Crippen LogP contribution < -0.4 is 0 Å². The van der Waals surface area contributed by atoms with Gasteiger partial charge in [0, 0.05) is 70.7 Å². The molecule has 10 heteroatoms. The minimum atomic E-state index is -0.390. The maximum absolute atomic E-state index is 12.5. The number of aromatic nitrogens is 1. The predicted octanol–water partition coefficient (Wildman–Crippen LogP) is 7.29. The summed E-state index contributed by atoms with van der Waals surface area (Å²) in [4.78, 5) is 24.0. The van der Waals surface area contributed by atoms with E-state index in [1.165, 1.54) is 64.2 Å². The first-order chi connectivity index (χ1) is 23.0. The van der Waals surface area contributed by atoms with E-state index < -0.39 is 0 Å². The Labute approximate surface area is 295 Å². The van der Waals surface area contributed by atoms with E-state index in [0.29, 0.717) is 39.1 Å². The summed E-state index contributed by atoms with van der Waals surface area (Å²) < 4.78 is 5.60. The Morgan fingerprint density at radius 3 is 1.98 bits per heavy atom. The Morgan fingerprint density at radius 2 is 1.40 bits per heavy atom. The minimum absolute atomic E-state index is 0.147. The normalized spacial score (nSPS) is 15.7. The van der Waals surface area contributed by atoms with Gasteiger partial charge >= 0.3 is 5.97 Å². The van der Waals surface area contributed by atoms with E-state index in [-0.39, 0.29) is 18.2 Å². The minimum Gasteiger partial charge on any atom is -0.464 e. The zero-order valence-electron chi connectivity index (χ0n) is 29.9. The van der Waals surface area contributed by atoms with Crippen molar-refractivity contribution < 1.29 is 19.7 Å². The fourth-order valence-corrected chi connectivity index (χ4v) is 7.97. The van der Waals surface area contributed by atoms with Crippen LogP contribution in [-0.4, -0.2) is 119 Å². The Morgan fingerprint density at radius 1 is 0.830 bits per heavy atom. The maximum Gasteiger partial charge on any atom is 0.305 e. The number of unbranched alkanes of at least 4 members (excludes halogenated alkanes) is 10. The van der Waals surface area contributed by atoms with Gasteiger partial charge < -0.3 is 14.9 Å². The van der Waals surface area contributed by atoms with Crippen molar-refractivity contribution in [2.24, 2.45) is 0 Å². The van der Waals surface area contributed by atoms with Crippen molar-refractivity contribution in [3.05, 3.63) is 24.4 Å². The van der Waals surface area contributed by atoms with Crippen molar-refractivity contribution in [1.29, 1.82) is 0 Å². The van der Waals surface area contributed by atoms with Crippen LogP contribution in [0.3, 0.4) is 0 Å². The Balaban J connectivity index is 1.60. The first-order valence-electron chi connectivity index (χ1n) is 18.9. The Kier molecular flexibility index (Phi) is 26.0. The lowest BCUT2D eigenvalue weighted by atomic mass is 10.1. The number of rotatable bonds is 30. The largest absolute Gasteiger partial charge is 0.464 e. The second-order valence-electron chi connectivity index (χ2n) is 13.3. The molecule has 1 saturated heterocycles. The number of carbonyl (C=O) groups is 1. The molecule has 2 N–H and O–H groups in total. The van der Waals surface area contributed by atoms with Gasteiger partial charge in [0.05, 0.1) is 12.2 Å². The number of hydrogen-bond acceptors (Lipinski definition) is 10. The zero-order chi connectivity index (χ0) is 33.8. The highest BCUT2D eigenvalue weighted by Crippen LogP contribution is 2.28. The summed E-state index contributed by atoms with van der Waals surface area (Å²) in [5, 5.41) is 22.6. The molecule has 1 aromatic rings. The number of pyridine rings is 1. The third kappa shape index (κ3) is 23.2. The van der Waals surface area contributed by atoms with E-state index in [2.05, 4.69) is 33.5 Å². The smallest absolute Gasteiger partial charge is 0.305 e. The summed E-state index contributed by atoms with van der Waals surface area (Å²) in [5.74, 6) is 0.929. The molecule has 1 aliphatic rings. The number of piperazine rings is 1. The van der Waals surface area contributed by atoms with Gasteiger partial charge in [-0.1, -0.05) is 108 Å². The molecule has 0 radical (unpaired) electrons. The van der Waals surface area contributed by atoms with Gasteiger partial charge in [-0.15, -0.1) is 0 Å². The molecule has 1 fully saturated rings. The molecule has 2 heterocycles. The van der Waals surface area contributed by atoms with E-state index in [1.54, 1.807) is 10.8 Å². The lowest BCUT2D eigenvalue weighted by Crippen LogP contribution is -2.47. The van der Waals surface area contributed by atoms with Crippen LogP contribution in [-0.2, 0) is 9.53 Å². The van der Waals surface area contributed by atoms with Gasteiger partial charge in [-0.2, -0.15) is 0 Å². The Hall–Kier alpha value is -0.880. The Bertz CT molecular complexity index is 840. The van der Waals surface area contributed by atoms with E-state index in [9.17, 15) is 15.0 Å². The van der Waals surface area contributed by atoms with Crippen molar-refractivity contribution in [2.75, 3.05) is 71.3 Å². The molecule has 1 aliphatic heterocycles. The van der Waals surface area contributed by atoms with Gasteiger partial charge in [0.1, 0.15) is 11.6 Å². The van der Waals surface area contributed by atoms with Crippen LogP contribution in [0.1, 0.15) is 117 Å². The molecule has 0 spiro atoms. The van der Waals surface area contributed by atoms with Crippen LogP contribution in [0.2, 0.25) is 0 Å². The van der Waals surface area contributed by atoms with Crippen LogP contribution in [0.15, 0.2) is 29.4 Å². The number of hydrogen-bond donors (Lipinski definition) is 2. The van der Waals surface area contributed by atoms with Gasteiger partial charge in [0.15, 0.2) is 0 Å². The third-order valence-electron chi connectivity index (χ3n) is 8.98. The highest BCUT2D eigenvalue weighted by molar-refractivity contribution is 8.76. The van der Waals surface area contributed by atoms with Crippen LogP contribution in [0.25, 0.3) is 0 Å². The number of aliphatic hydroxyl groups is 2. The molecule has 2 unspecified atom stereocenters. The van der Waals surface area contributed by atoms with Crippen LogP contribution in [0.4, 0.5) is 0 Å². The van der Waals surface area contributed by atoms with Gasteiger partial charge in [-0.3, -0.25) is 19.5 Å². The number of ether oxygens (including phenoxy) is 1. The summed E-state index contributed by atoms with van der Waals surface area (Å²) in [6.45, 7) is 12.7. The fourth-order valence-electron chi connectivity index (χ4n) is 6.07. The molecular formula is C37H68N4O4S2. The van der Waals surface area contributed by atoms with Crippen molar-refractivity contribution in [2.45, 2.75) is 134 Å². The van der Waals surface area contributed by atoms with E-state index in [4.69, 9.17) is 4.74 Å². The molecule has 47 heavy (non-hydrogen) atoms. The predicted molar refractivity (Wildman–Crippen MR) is 200 cm³/mol. The highest BCUT2D eigenvalue weighted by atomic mass is 33.1. The molecule has 0 bridgehead atoms. The third-order valence-corrected chi connectivity index (χ3v) is 11.2. The highest BCUT2D eigenvalue weighted by Gasteiger charge is 2.18. The molecule has 1 aromatic heterocycles. The first kappa shape index (κ1) is 42.3. The lowest BCUT2D eigenvalue weighted by molar-refractivity contribution is -0.144. The molecule has 0 aromatic carbocycles. The second-order valence-corrected chi connectivity index (χ2v) is 15.7. The monoisotopic (exact) mass is 696 g/mol. The van der Waals surface area contributed by atoms with Crippen molar-refractivity contribution >= 4 is 27.6 Å². The molecule has 0 amide bonds. The maximum atomic E-state index is 12.5. The van der Waals surface area contributed by atoms with E-state index in [1.807, 2.05) is 35.2 Å². The van der Waals surface area contributed by atoms with E-state index >= 15 is 0 Å².